The Bertz CT molecular complexity index is 457. The number of benzene rings is 1. The van der Waals surface area contributed by atoms with Crippen molar-refractivity contribution in [3.63, 3.8) is 0 Å². The second kappa shape index (κ2) is 8.00. The number of hydrogen-bond donors (Lipinski definition) is 2. The topological polar surface area (TPSA) is 53.6 Å². The van der Waals surface area contributed by atoms with Gasteiger partial charge in [0.2, 0.25) is 5.91 Å². The first-order valence-corrected chi connectivity index (χ1v) is 7.50. The van der Waals surface area contributed by atoms with E-state index in [1.807, 2.05) is 12.1 Å². The van der Waals surface area contributed by atoms with Gasteiger partial charge in [-0.15, -0.1) is 0 Å². The van der Waals surface area contributed by atoms with Gasteiger partial charge in [0, 0.05) is 32.7 Å². The maximum absolute atomic E-state index is 11.4. The molecule has 21 heavy (non-hydrogen) atoms. The van der Waals surface area contributed by atoms with Crippen molar-refractivity contribution in [1.82, 2.24) is 15.5 Å². The van der Waals surface area contributed by atoms with Crippen LogP contribution >= 0.6 is 0 Å². The zero-order valence-corrected chi connectivity index (χ0v) is 12.9. The number of hydrogen-bond acceptors (Lipinski definition) is 4. The molecule has 0 radical (unpaired) electrons. The van der Waals surface area contributed by atoms with Gasteiger partial charge in [-0.3, -0.25) is 9.69 Å². The predicted octanol–water partition coefficient (Wildman–Crippen LogP) is 0.995. The van der Waals surface area contributed by atoms with Crippen LogP contribution < -0.4 is 15.4 Å². The molecule has 0 unspecified atom stereocenters. The number of carbonyl (C=O) groups is 1. The molecule has 1 aliphatic heterocycles. The van der Waals surface area contributed by atoms with Gasteiger partial charge < -0.3 is 15.4 Å². The Balaban J connectivity index is 1.72. The van der Waals surface area contributed by atoms with Crippen molar-refractivity contribution >= 4 is 5.91 Å². The molecule has 0 aromatic heterocycles. The monoisotopic (exact) mass is 291 g/mol. The van der Waals surface area contributed by atoms with Crippen LogP contribution in [0.2, 0.25) is 0 Å². The zero-order valence-electron chi connectivity index (χ0n) is 12.9. The van der Waals surface area contributed by atoms with Crippen LogP contribution in [0.25, 0.3) is 0 Å². The number of carbonyl (C=O) groups excluding carboxylic acids is 1. The normalized spacial score (nSPS) is 16.7. The third kappa shape index (κ3) is 5.02. The van der Waals surface area contributed by atoms with E-state index in [4.69, 9.17) is 4.74 Å². The maximum atomic E-state index is 11.4. The average Bonchev–Trinajstić information content (AvgIpc) is 2.54. The summed E-state index contributed by atoms with van der Waals surface area (Å²) < 4.78 is 5.24. The molecular formula is C16H25N3O2. The van der Waals surface area contributed by atoms with Gasteiger partial charge in [-0.1, -0.05) is 12.1 Å². The van der Waals surface area contributed by atoms with E-state index in [0.717, 1.165) is 38.2 Å². The van der Waals surface area contributed by atoms with Gasteiger partial charge in [-0.25, -0.2) is 0 Å². The average molecular weight is 291 g/mol. The lowest BCUT2D eigenvalue weighted by molar-refractivity contribution is -0.122. The van der Waals surface area contributed by atoms with Crippen LogP contribution in [0.1, 0.15) is 18.4 Å². The van der Waals surface area contributed by atoms with Gasteiger partial charge in [-0.2, -0.15) is 0 Å². The highest BCUT2D eigenvalue weighted by Crippen LogP contribution is 2.14. The minimum atomic E-state index is 0.0952. The van der Waals surface area contributed by atoms with E-state index >= 15 is 0 Å². The number of rotatable bonds is 6. The van der Waals surface area contributed by atoms with Crippen molar-refractivity contribution < 1.29 is 9.53 Å². The molecular weight excluding hydrogens is 266 g/mol. The number of likely N-dealkylation sites (tertiary alicyclic amines) is 1. The highest BCUT2D eigenvalue weighted by Gasteiger charge is 2.19. The SMILES string of the molecule is CNC(=O)CN1CCC(NCc2cccc(OC)c2)CC1. The Kier molecular flexibility index (Phi) is 6.02. The van der Waals surface area contributed by atoms with Crippen LogP contribution in [0.5, 0.6) is 5.75 Å². The van der Waals surface area contributed by atoms with E-state index < -0.39 is 0 Å². The summed E-state index contributed by atoms with van der Waals surface area (Å²) >= 11 is 0. The summed E-state index contributed by atoms with van der Waals surface area (Å²) in [5.41, 5.74) is 1.24. The lowest BCUT2D eigenvalue weighted by atomic mass is 10.0. The fourth-order valence-electron chi connectivity index (χ4n) is 2.62. The van der Waals surface area contributed by atoms with Gasteiger partial charge in [-0.05, 0) is 30.5 Å². The molecule has 2 rings (SSSR count). The third-order valence-electron chi connectivity index (χ3n) is 3.96. The molecule has 5 heteroatoms. The summed E-state index contributed by atoms with van der Waals surface area (Å²) in [6.45, 7) is 3.32. The fraction of sp³-hybridized carbons (Fsp3) is 0.562. The summed E-state index contributed by atoms with van der Waals surface area (Å²) in [4.78, 5) is 13.6. The lowest BCUT2D eigenvalue weighted by Crippen LogP contribution is -2.45. The zero-order chi connectivity index (χ0) is 15.1. The predicted molar refractivity (Wildman–Crippen MR) is 83.4 cm³/mol. The number of methoxy groups -OCH3 is 1. The summed E-state index contributed by atoms with van der Waals surface area (Å²) in [6, 6.07) is 8.67. The van der Waals surface area contributed by atoms with Gasteiger partial charge in [0.1, 0.15) is 5.75 Å². The molecule has 1 saturated heterocycles. The van der Waals surface area contributed by atoms with E-state index in [2.05, 4.69) is 27.7 Å². The van der Waals surface area contributed by atoms with E-state index in [-0.39, 0.29) is 5.91 Å². The van der Waals surface area contributed by atoms with Crippen molar-refractivity contribution in [2.45, 2.75) is 25.4 Å². The summed E-state index contributed by atoms with van der Waals surface area (Å²) in [5, 5.41) is 6.27. The molecule has 1 amide bonds. The highest BCUT2D eigenvalue weighted by atomic mass is 16.5. The first-order chi connectivity index (χ1) is 10.2. The fourth-order valence-corrected chi connectivity index (χ4v) is 2.62. The van der Waals surface area contributed by atoms with Crippen molar-refractivity contribution in [2.24, 2.45) is 0 Å². The molecule has 1 heterocycles. The minimum Gasteiger partial charge on any atom is -0.497 e. The van der Waals surface area contributed by atoms with Crippen LogP contribution in [-0.2, 0) is 11.3 Å². The maximum Gasteiger partial charge on any atom is 0.233 e. The molecule has 0 spiro atoms. The van der Waals surface area contributed by atoms with Crippen LogP contribution in [0, 0.1) is 0 Å². The summed E-state index contributed by atoms with van der Waals surface area (Å²) in [6.07, 6.45) is 2.17. The highest BCUT2D eigenvalue weighted by molar-refractivity contribution is 5.77. The molecule has 0 atom stereocenters. The van der Waals surface area contributed by atoms with Gasteiger partial charge in [0.15, 0.2) is 0 Å². The van der Waals surface area contributed by atoms with Crippen LogP contribution in [-0.4, -0.2) is 50.6 Å². The van der Waals surface area contributed by atoms with E-state index in [1.54, 1.807) is 14.2 Å². The smallest absolute Gasteiger partial charge is 0.233 e. The number of likely N-dealkylation sites (N-methyl/N-ethyl adjacent to an activating group) is 1. The minimum absolute atomic E-state index is 0.0952. The molecule has 1 aliphatic rings. The van der Waals surface area contributed by atoms with Crippen LogP contribution in [0.4, 0.5) is 0 Å². The van der Waals surface area contributed by atoms with Crippen molar-refractivity contribution in [2.75, 3.05) is 33.8 Å². The van der Waals surface area contributed by atoms with Crippen LogP contribution in [0.15, 0.2) is 24.3 Å². The van der Waals surface area contributed by atoms with Gasteiger partial charge in [0.05, 0.1) is 13.7 Å². The Morgan fingerprint density at radius 3 is 2.81 bits per heavy atom. The molecule has 2 N–H and O–H groups in total. The van der Waals surface area contributed by atoms with Gasteiger partial charge in [0.25, 0.3) is 0 Å². The first-order valence-electron chi connectivity index (χ1n) is 7.50. The molecule has 0 bridgehead atoms. The number of amides is 1. The molecule has 1 aromatic rings. The number of piperidine rings is 1. The Morgan fingerprint density at radius 1 is 1.38 bits per heavy atom. The molecule has 5 nitrogen and oxygen atoms in total. The first kappa shape index (κ1) is 15.8. The van der Waals surface area contributed by atoms with Crippen molar-refractivity contribution in [3.8, 4) is 5.75 Å². The number of nitrogens with one attached hydrogen (secondary N) is 2. The third-order valence-corrected chi connectivity index (χ3v) is 3.96. The van der Waals surface area contributed by atoms with Gasteiger partial charge >= 0.3 is 0 Å². The summed E-state index contributed by atoms with van der Waals surface area (Å²) in [5.74, 6) is 0.993. The van der Waals surface area contributed by atoms with E-state index in [0.29, 0.717) is 12.6 Å². The summed E-state index contributed by atoms with van der Waals surface area (Å²) in [7, 11) is 3.37. The molecule has 1 fully saturated rings. The Morgan fingerprint density at radius 2 is 2.14 bits per heavy atom. The Hall–Kier alpha value is -1.59. The molecule has 0 aliphatic carbocycles. The quantitative estimate of drug-likeness (QED) is 0.821. The molecule has 1 aromatic carbocycles. The van der Waals surface area contributed by atoms with Crippen LogP contribution in [0.3, 0.4) is 0 Å². The lowest BCUT2D eigenvalue weighted by Gasteiger charge is -2.31. The van der Waals surface area contributed by atoms with E-state index in [1.165, 1.54) is 5.56 Å². The molecule has 0 saturated carbocycles. The standard InChI is InChI=1S/C16H25N3O2/c1-17-16(20)12-19-8-6-14(7-9-19)18-11-13-4-3-5-15(10-13)21-2/h3-5,10,14,18H,6-9,11-12H2,1-2H3,(H,17,20). The second-order valence-electron chi connectivity index (χ2n) is 5.46. The number of nitrogens with zero attached hydrogens (tertiary/aromatic N) is 1. The van der Waals surface area contributed by atoms with E-state index in [9.17, 15) is 4.79 Å². The molecule has 116 valence electrons. The van der Waals surface area contributed by atoms with Crippen molar-refractivity contribution in [1.29, 1.82) is 0 Å². The number of ether oxygens (including phenoxy) is 1. The van der Waals surface area contributed by atoms with Crippen molar-refractivity contribution in [3.05, 3.63) is 29.8 Å². The Labute approximate surface area is 126 Å². The largest absolute Gasteiger partial charge is 0.497 e. The second-order valence-corrected chi connectivity index (χ2v) is 5.46.